The summed E-state index contributed by atoms with van der Waals surface area (Å²) in [5, 5.41) is 9.05. The van der Waals surface area contributed by atoms with Crippen molar-refractivity contribution in [3.63, 3.8) is 0 Å². The van der Waals surface area contributed by atoms with Crippen LogP contribution in [0.3, 0.4) is 0 Å². The fraction of sp³-hybridized carbons (Fsp3) is 0.842. The highest BCUT2D eigenvalue weighted by atomic mass is 32.2. The Morgan fingerprint density at radius 2 is 1.81 bits per heavy atom. The lowest BCUT2D eigenvalue weighted by Crippen LogP contribution is -2.53. The van der Waals surface area contributed by atoms with Crippen molar-refractivity contribution in [2.45, 2.75) is 59.0 Å². The normalized spacial score (nSPS) is 21.7. The molecular weight excluding hydrogens is 366 g/mol. The molecule has 0 radical (unpaired) electrons. The van der Waals surface area contributed by atoms with Gasteiger partial charge in [-0.1, -0.05) is 27.7 Å². The van der Waals surface area contributed by atoms with Crippen LogP contribution in [0, 0.1) is 5.41 Å². The van der Waals surface area contributed by atoms with Gasteiger partial charge >= 0.3 is 5.97 Å². The molecule has 0 aromatic rings. The molecule has 1 atom stereocenters. The first-order chi connectivity index (χ1) is 12.6. The van der Waals surface area contributed by atoms with E-state index in [9.17, 15) is 14.4 Å². The summed E-state index contributed by atoms with van der Waals surface area (Å²) >= 11 is 1.64. The van der Waals surface area contributed by atoms with Crippen LogP contribution in [0.4, 0.5) is 0 Å². The Morgan fingerprint density at radius 3 is 2.33 bits per heavy atom. The van der Waals surface area contributed by atoms with Crippen LogP contribution in [0.15, 0.2) is 0 Å². The standard InChI is InChI=1S/C19H33N3O4S/c1-5-20(11-17(24)25)14-6-8-21(9-7-14)18(26)15-12-27-13-22(15)16(23)10-19(2,3)4/h14-15H,5-13H2,1-4H3,(H,24,25). The van der Waals surface area contributed by atoms with Gasteiger partial charge in [-0.15, -0.1) is 11.8 Å². The van der Waals surface area contributed by atoms with Gasteiger partial charge in [-0.3, -0.25) is 19.3 Å². The highest BCUT2D eigenvalue weighted by molar-refractivity contribution is 7.99. The molecule has 2 fully saturated rings. The van der Waals surface area contributed by atoms with Crippen LogP contribution in [0.1, 0.15) is 47.0 Å². The van der Waals surface area contributed by atoms with Crippen molar-refractivity contribution < 1.29 is 19.5 Å². The summed E-state index contributed by atoms with van der Waals surface area (Å²) in [6.07, 6.45) is 2.01. The third kappa shape index (κ3) is 6.10. The van der Waals surface area contributed by atoms with Crippen molar-refractivity contribution in [3.05, 3.63) is 0 Å². The number of hydrogen-bond acceptors (Lipinski definition) is 5. The molecule has 7 nitrogen and oxygen atoms in total. The molecule has 8 heteroatoms. The molecule has 2 aliphatic heterocycles. The molecule has 0 spiro atoms. The van der Waals surface area contributed by atoms with Gasteiger partial charge in [0.1, 0.15) is 6.04 Å². The Balaban J connectivity index is 1.92. The highest BCUT2D eigenvalue weighted by Crippen LogP contribution is 2.28. The maximum atomic E-state index is 13.0. The zero-order valence-electron chi connectivity index (χ0n) is 16.9. The zero-order chi connectivity index (χ0) is 20.2. The number of carbonyl (C=O) groups is 3. The molecule has 2 heterocycles. The van der Waals surface area contributed by atoms with Crippen molar-refractivity contribution in [3.8, 4) is 0 Å². The predicted octanol–water partition coefficient (Wildman–Crippen LogP) is 1.72. The van der Waals surface area contributed by atoms with Crippen molar-refractivity contribution in [1.29, 1.82) is 0 Å². The molecule has 2 aliphatic rings. The number of thioether (sulfide) groups is 1. The van der Waals surface area contributed by atoms with Crippen molar-refractivity contribution in [2.75, 3.05) is 37.8 Å². The van der Waals surface area contributed by atoms with E-state index in [2.05, 4.69) is 0 Å². The van der Waals surface area contributed by atoms with Crippen molar-refractivity contribution in [2.24, 2.45) is 5.41 Å². The summed E-state index contributed by atoms with van der Waals surface area (Å²) in [7, 11) is 0. The van der Waals surface area contributed by atoms with Crippen LogP contribution in [0.2, 0.25) is 0 Å². The lowest BCUT2D eigenvalue weighted by molar-refractivity contribution is -0.145. The number of piperidine rings is 1. The average molecular weight is 400 g/mol. The molecule has 2 amide bonds. The molecule has 1 N–H and O–H groups in total. The minimum Gasteiger partial charge on any atom is -0.480 e. The summed E-state index contributed by atoms with van der Waals surface area (Å²) in [4.78, 5) is 42.2. The van der Waals surface area contributed by atoms with Gasteiger partial charge in [0.2, 0.25) is 11.8 Å². The van der Waals surface area contributed by atoms with E-state index in [1.807, 2.05) is 37.5 Å². The van der Waals surface area contributed by atoms with Gasteiger partial charge in [-0.2, -0.15) is 0 Å². The largest absolute Gasteiger partial charge is 0.480 e. The predicted molar refractivity (Wildman–Crippen MR) is 107 cm³/mol. The minimum absolute atomic E-state index is 0.0435. The van der Waals surface area contributed by atoms with Gasteiger partial charge in [-0.25, -0.2) is 0 Å². The van der Waals surface area contributed by atoms with E-state index in [1.165, 1.54) is 0 Å². The first-order valence-corrected chi connectivity index (χ1v) is 10.9. The summed E-state index contributed by atoms with van der Waals surface area (Å²) in [5.74, 6) is 0.534. The number of hydrogen-bond donors (Lipinski definition) is 1. The van der Waals surface area contributed by atoms with Gasteiger partial charge in [0, 0.05) is 31.3 Å². The fourth-order valence-electron chi connectivity index (χ4n) is 3.78. The number of rotatable bonds is 6. The lowest BCUT2D eigenvalue weighted by atomic mass is 9.91. The molecule has 0 saturated carbocycles. The van der Waals surface area contributed by atoms with Crippen molar-refractivity contribution >= 4 is 29.5 Å². The summed E-state index contributed by atoms with van der Waals surface area (Å²) < 4.78 is 0. The molecule has 0 aliphatic carbocycles. The monoisotopic (exact) mass is 399 g/mol. The fourth-order valence-corrected chi connectivity index (χ4v) is 4.96. The summed E-state index contributed by atoms with van der Waals surface area (Å²) in [5.41, 5.74) is -0.0932. The second kappa shape index (κ2) is 9.28. The third-order valence-electron chi connectivity index (χ3n) is 5.21. The average Bonchev–Trinajstić information content (AvgIpc) is 3.07. The SMILES string of the molecule is CCN(CC(=O)O)C1CCN(C(=O)C2CSCN2C(=O)CC(C)(C)C)CC1. The zero-order valence-corrected chi connectivity index (χ0v) is 17.8. The second-order valence-electron chi connectivity index (χ2n) is 8.63. The number of nitrogens with zero attached hydrogens (tertiary/aromatic N) is 3. The number of aliphatic carboxylic acids is 1. The third-order valence-corrected chi connectivity index (χ3v) is 6.22. The first-order valence-electron chi connectivity index (χ1n) is 9.74. The Kier molecular flexibility index (Phi) is 7.56. The molecule has 0 aromatic carbocycles. The van der Waals surface area contributed by atoms with Crippen LogP contribution in [0.5, 0.6) is 0 Å². The Bertz CT molecular complexity index is 556. The molecule has 2 rings (SSSR count). The van der Waals surface area contributed by atoms with Gasteiger partial charge in [0.15, 0.2) is 0 Å². The van der Waals surface area contributed by atoms with Crippen LogP contribution >= 0.6 is 11.8 Å². The van der Waals surface area contributed by atoms with Crippen LogP contribution in [-0.4, -0.2) is 87.5 Å². The van der Waals surface area contributed by atoms with Gasteiger partial charge in [0.05, 0.1) is 12.4 Å². The first kappa shape index (κ1) is 22.0. The summed E-state index contributed by atoms with van der Waals surface area (Å²) in [6, 6.07) is -0.158. The van der Waals surface area contributed by atoms with E-state index in [0.29, 0.717) is 37.7 Å². The molecule has 1 unspecified atom stereocenters. The second-order valence-corrected chi connectivity index (χ2v) is 9.63. The Labute approximate surface area is 166 Å². The number of likely N-dealkylation sites (N-methyl/N-ethyl adjacent to an activating group) is 1. The van der Waals surface area contributed by atoms with Crippen LogP contribution < -0.4 is 0 Å². The van der Waals surface area contributed by atoms with E-state index in [4.69, 9.17) is 5.11 Å². The Hall–Kier alpha value is -1.28. The van der Waals surface area contributed by atoms with E-state index in [0.717, 1.165) is 12.8 Å². The quantitative estimate of drug-likeness (QED) is 0.732. The van der Waals surface area contributed by atoms with Crippen LogP contribution in [-0.2, 0) is 14.4 Å². The number of carboxylic acids is 1. The number of carbonyl (C=O) groups excluding carboxylic acids is 2. The van der Waals surface area contributed by atoms with E-state index in [-0.39, 0.29) is 35.9 Å². The van der Waals surface area contributed by atoms with E-state index in [1.54, 1.807) is 16.7 Å². The molecule has 0 bridgehead atoms. The van der Waals surface area contributed by atoms with Gasteiger partial charge in [0.25, 0.3) is 0 Å². The molecule has 0 aromatic heterocycles. The number of likely N-dealkylation sites (tertiary alicyclic amines) is 1. The molecule has 2 saturated heterocycles. The van der Waals surface area contributed by atoms with E-state index >= 15 is 0 Å². The minimum atomic E-state index is -0.814. The van der Waals surface area contributed by atoms with Crippen LogP contribution in [0.25, 0.3) is 0 Å². The summed E-state index contributed by atoms with van der Waals surface area (Å²) in [6.45, 7) is 10.1. The topological polar surface area (TPSA) is 81.2 Å². The number of carboxylic acid groups (broad SMARTS) is 1. The van der Waals surface area contributed by atoms with Gasteiger partial charge < -0.3 is 14.9 Å². The maximum Gasteiger partial charge on any atom is 0.317 e. The number of amides is 2. The molecular formula is C19H33N3O4S. The molecule has 154 valence electrons. The van der Waals surface area contributed by atoms with Gasteiger partial charge in [-0.05, 0) is 24.8 Å². The van der Waals surface area contributed by atoms with E-state index < -0.39 is 5.97 Å². The smallest absolute Gasteiger partial charge is 0.317 e. The van der Waals surface area contributed by atoms with Crippen molar-refractivity contribution in [1.82, 2.24) is 14.7 Å². The maximum absolute atomic E-state index is 13.0. The molecule has 27 heavy (non-hydrogen) atoms. The highest BCUT2D eigenvalue weighted by Gasteiger charge is 2.39. The Morgan fingerprint density at radius 1 is 1.19 bits per heavy atom. The lowest BCUT2D eigenvalue weighted by Gasteiger charge is -2.39.